The van der Waals surface area contributed by atoms with Gasteiger partial charge in [0.25, 0.3) is 0 Å². The van der Waals surface area contributed by atoms with Crippen LogP contribution in [-0.4, -0.2) is 0 Å². The smallest absolute Gasteiger partial charge is 0.190 e. The Morgan fingerprint density at radius 1 is 0.944 bits per heavy atom. The molecule has 0 saturated carbocycles. The van der Waals surface area contributed by atoms with Crippen LogP contribution in [0.25, 0.3) is 4.85 Å². The van der Waals surface area contributed by atoms with Crippen LogP contribution < -0.4 is 0 Å². The average Bonchev–Trinajstić information content (AvgIpc) is 2.16. The summed E-state index contributed by atoms with van der Waals surface area (Å²) >= 11 is 0. The van der Waals surface area contributed by atoms with E-state index in [1.807, 2.05) is 0 Å². The molecule has 0 bridgehead atoms. The summed E-state index contributed by atoms with van der Waals surface area (Å²) in [6, 6.07) is 6.39. The molecule has 1 heteroatoms. The second-order valence-electron chi connectivity index (χ2n) is 7.55. The zero-order valence-electron chi connectivity index (χ0n) is 12.6. The maximum atomic E-state index is 7.35. The fourth-order valence-electron chi connectivity index (χ4n) is 2.16. The predicted octanol–water partition coefficient (Wildman–Crippen LogP) is 5.41. The molecule has 0 aliphatic rings. The zero-order valence-corrected chi connectivity index (χ0v) is 12.6. The molecule has 0 aliphatic carbocycles. The summed E-state index contributed by atoms with van der Waals surface area (Å²) in [5.41, 5.74) is 3.77. The van der Waals surface area contributed by atoms with Crippen molar-refractivity contribution in [2.45, 2.75) is 54.4 Å². The Bertz CT molecular complexity index is 450. The molecule has 0 atom stereocenters. The van der Waals surface area contributed by atoms with Crippen LogP contribution in [-0.2, 0) is 12.8 Å². The third-order valence-corrected chi connectivity index (χ3v) is 2.73. The second kappa shape index (κ2) is 5.14. The number of benzene rings is 1. The quantitative estimate of drug-likeness (QED) is 0.611. The zero-order chi connectivity index (χ0) is 14.0. The number of rotatable bonds is 2. The molecule has 0 saturated heterocycles. The van der Waals surface area contributed by atoms with Gasteiger partial charge < -0.3 is 0 Å². The van der Waals surface area contributed by atoms with Crippen molar-refractivity contribution in [2.24, 2.45) is 10.8 Å². The molecule has 0 unspecified atom stereocenters. The van der Waals surface area contributed by atoms with Gasteiger partial charge in [-0.2, -0.15) is 0 Å². The SMILES string of the molecule is [C-]#[N+]c1cc(CC(C)(C)C)ccc1CC(C)(C)C. The summed E-state index contributed by atoms with van der Waals surface area (Å²) in [6.45, 7) is 20.7. The first-order valence-electron chi connectivity index (χ1n) is 6.60. The van der Waals surface area contributed by atoms with E-state index in [2.05, 4.69) is 64.6 Å². The molecule has 0 aliphatic heterocycles. The summed E-state index contributed by atoms with van der Waals surface area (Å²) in [4.78, 5) is 3.70. The van der Waals surface area contributed by atoms with Crippen LogP contribution in [0.3, 0.4) is 0 Å². The highest BCUT2D eigenvalue weighted by Crippen LogP contribution is 2.30. The number of hydrogen-bond donors (Lipinski definition) is 0. The first-order valence-corrected chi connectivity index (χ1v) is 6.60. The van der Waals surface area contributed by atoms with E-state index in [0.717, 1.165) is 18.5 Å². The standard InChI is InChI=1S/C17H25N/c1-16(2,3)11-13-8-9-14(12-17(4,5)6)15(10-13)18-7/h8-10H,11-12H2,1-6H3. The lowest BCUT2D eigenvalue weighted by Crippen LogP contribution is -2.11. The molecular formula is C17H25N. The Morgan fingerprint density at radius 2 is 1.50 bits per heavy atom. The Labute approximate surface area is 112 Å². The maximum absolute atomic E-state index is 7.35. The van der Waals surface area contributed by atoms with Crippen molar-refractivity contribution in [2.75, 3.05) is 0 Å². The fraction of sp³-hybridized carbons (Fsp3) is 0.588. The molecule has 0 amide bonds. The van der Waals surface area contributed by atoms with E-state index < -0.39 is 0 Å². The Kier molecular flexibility index (Phi) is 4.22. The molecule has 0 N–H and O–H groups in total. The molecule has 98 valence electrons. The van der Waals surface area contributed by atoms with Gasteiger partial charge in [0.05, 0.1) is 6.57 Å². The lowest BCUT2D eigenvalue weighted by molar-refractivity contribution is 0.408. The summed E-state index contributed by atoms with van der Waals surface area (Å²) in [7, 11) is 0. The van der Waals surface area contributed by atoms with Gasteiger partial charge in [-0.25, -0.2) is 4.85 Å². The van der Waals surface area contributed by atoms with E-state index in [0.29, 0.717) is 0 Å². The van der Waals surface area contributed by atoms with Crippen LogP contribution in [0.1, 0.15) is 52.7 Å². The van der Waals surface area contributed by atoms with E-state index >= 15 is 0 Å². The highest BCUT2D eigenvalue weighted by Gasteiger charge is 2.16. The van der Waals surface area contributed by atoms with Gasteiger partial charge in [-0.15, -0.1) is 0 Å². The van der Waals surface area contributed by atoms with Crippen LogP contribution in [0.5, 0.6) is 0 Å². The van der Waals surface area contributed by atoms with Gasteiger partial charge in [-0.05, 0) is 29.2 Å². The van der Waals surface area contributed by atoms with E-state index in [1.165, 1.54) is 11.1 Å². The van der Waals surface area contributed by atoms with Gasteiger partial charge in [0.15, 0.2) is 5.69 Å². The van der Waals surface area contributed by atoms with E-state index in [1.54, 1.807) is 0 Å². The summed E-state index contributed by atoms with van der Waals surface area (Å²) in [5, 5.41) is 0. The van der Waals surface area contributed by atoms with Crippen LogP contribution in [0.15, 0.2) is 18.2 Å². The van der Waals surface area contributed by atoms with Crippen LogP contribution in [0.4, 0.5) is 5.69 Å². The first-order chi connectivity index (χ1) is 8.11. The monoisotopic (exact) mass is 243 g/mol. The Morgan fingerprint density at radius 3 is 1.94 bits per heavy atom. The third-order valence-electron chi connectivity index (χ3n) is 2.73. The minimum atomic E-state index is 0.227. The first kappa shape index (κ1) is 14.8. The van der Waals surface area contributed by atoms with Crippen LogP contribution in [0, 0.1) is 17.4 Å². The molecule has 1 rings (SSSR count). The third kappa shape index (κ3) is 4.92. The van der Waals surface area contributed by atoms with Crippen molar-refractivity contribution in [3.8, 4) is 0 Å². The Hall–Kier alpha value is -1.29. The normalized spacial score (nSPS) is 12.3. The molecular weight excluding hydrogens is 218 g/mol. The fourth-order valence-corrected chi connectivity index (χ4v) is 2.16. The molecule has 0 radical (unpaired) electrons. The van der Waals surface area contributed by atoms with Crippen molar-refractivity contribution in [3.63, 3.8) is 0 Å². The molecule has 0 aromatic heterocycles. The van der Waals surface area contributed by atoms with Crippen LogP contribution >= 0.6 is 0 Å². The van der Waals surface area contributed by atoms with Crippen molar-refractivity contribution in [1.82, 2.24) is 0 Å². The van der Waals surface area contributed by atoms with Crippen molar-refractivity contribution in [3.05, 3.63) is 40.7 Å². The molecule has 0 spiro atoms. The second-order valence-corrected chi connectivity index (χ2v) is 7.55. The lowest BCUT2D eigenvalue weighted by atomic mass is 9.85. The predicted molar refractivity (Wildman–Crippen MR) is 79.0 cm³/mol. The summed E-state index contributed by atoms with van der Waals surface area (Å²) < 4.78 is 0. The number of nitrogens with zero attached hydrogens (tertiary/aromatic N) is 1. The minimum absolute atomic E-state index is 0.227. The summed E-state index contributed by atoms with van der Waals surface area (Å²) in [5.74, 6) is 0. The highest BCUT2D eigenvalue weighted by atomic mass is 14.6. The van der Waals surface area contributed by atoms with Gasteiger partial charge in [0.1, 0.15) is 0 Å². The molecule has 0 fully saturated rings. The van der Waals surface area contributed by atoms with E-state index in [-0.39, 0.29) is 10.8 Å². The van der Waals surface area contributed by atoms with Gasteiger partial charge in [-0.3, -0.25) is 0 Å². The number of hydrogen-bond acceptors (Lipinski definition) is 0. The molecule has 18 heavy (non-hydrogen) atoms. The van der Waals surface area contributed by atoms with Crippen molar-refractivity contribution >= 4 is 5.69 Å². The molecule has 0 heterocycles. The van der Waals surface area contributed by atoms with Crippen molar-refractivity contribution < 1.29 is 0 Å². The topological polar surface area (TPSA) is 4.36 Å². The van der Waals surface area contributed by atoms with Gasteiger partial charge in [-0.1, -0.05) is 65.3 Å². The molecule has 1 aromatic rings. The van der Waals surface area contributed by atoms with E-state index in [9.17, 15) is 0 Å². The largest absolute Gasteiger partial charge is 0.238 e. The van der Waals surface area contributed by atoms with E-state index in [4.69, 9.17) is 6.57 Å². The van der Waals surface area contributed by atoms with Gasteiger partial charge >= 0.3 is 0 Å². The average molecular weight is 243 g/mol. The highest BCUT2D eigenvalue weighted by molar-refractivity contribution is 5.54. The Balaban J connectivity index is 3.02. The summed E-state index contributed by atoms with van der Waals surface area (Å²) in [6.07, 6.45) is 1.98. The van der Waals surface area contributed by atoms with Gasteiger partial charge in [0.2, 0.25) is 0 Å². The van der Waals surface area contributed by atoms with Crippen LogP contribution in [0.2, 0.25) is 0 Å². The maximum Gasteiger partial charge on any atom is 0.190 e. The molecule has 1 aromatic carbocycles. The minimum Gasteiger partial charge on any atom is -0.238 e. The lowest BCUT2D eigenvalue weighted by Gasteiger charge is -2.21. The van der Waals surface area contributed by atoms with Crippen molar-refractivity contribution in [1.29, 1.82) is 0 Å². The van der Waals surface area contributed by atoms with Gasteiger partial charge in [0, 0.05) is 0 Å². The molecule has 1 nitrogen and oxygen atoms in total.